The van der Waals surface area contributed by atoms with E-state index in [0.29, 0.717) is 31.0 Å². The van der Waals surface area contributed by atoms with Crippen molar-refractivity contribution in [3.8, 4) is 0 Å². The molecule has 12 heteroatoms. The smallest absolute Gasteiger partial charge is 0.347 e. The van der Waals surface area contributed by atoms with Gasteiger partial charge in [-0.25, -0.2) is 4.79 Å². The molecule has 0 radical (unpaired) electrons. The average Bonchev–Trinajstić information content (AvgIpc) is 2.67. The highest BCUT2D eigenvalue weighted by atomic mass is 32.3. The molecule has 0 aromatic carbocycles. The van der Waals surface area contributed by atoms with Crippen LogP contribution in [0.4, 0.5) is 4.79 Å². The highest BCUT2D eigenvalue weighted by Gasteiger charge is 2.49. The molecular formula is C12H18N4O7S. The van der Waals surface area contributed by atoms with Crippen LogP contribution in [0.1, 0.15) is 12.8 Å². The molecule has 0 unspecified atom stereocenters. The van der Waals surface area contributed by atoms with Gasteiger partial charge in [-0.2, -0.15) is 13.5 Å². The first-order valence-corrected chi connectivity index (χ1v) is 8.91. The summed E-state index contributed by atoms with van der Waals surface area (Å²) in [5.74, 6) is -0.621. The fourth-order valence-electron chi connectivity index (χ4n) is 3.06. The molecular weight excluding hydrogens is 344 g/mol. The average molecular weight is 362 g/mol. The van der Waals surface area contributed by atoms with Gasteiger partial charge in [-0.15, -0.1) is 4.28 Å². The van der Waals surface area contributed by atoms with E-state index in [1.807, 2.05) is 0 Å². The normalized spacial score (nSPS) is 27.1. The Morgan fingerprint density at radius 2 is 2.04 bits per heavy atom. The van der Waals surface area contributed by atoms with E-state index in [0.717, 1.165) is 0 Å². The number of amides is 3. The number of carbonyl (C=O) groups excluding carboxylic acids is 3. The second-order valence-electron chi connectivity index (χ2n) is 6.05. The zero-order valence-corrected chi connectivity index (χ0v) is 13.5. The van der Waals surface area contributed by atoms with Gasteiger partial charge in [0.2, 0.25) is 5.91 Å². The summed E-state index contributed by atoms with van der Waals surface area (Å²) in [4.78, 5) is 37.4. The first kappa shape index (κ1) is 17.1. The number of hydrogen-bond acceptors (Lipinski definition) is 7. The number of nitrogens with one attached hydrogen (secondary N) is 2. The fraction of sp³-hybridized carbons (Fsp3) is 0.750. The number of urea groups is 1. The van der Waals surface area contributed by atoms with Crippen LogP contribution in [-0.4, -0.2) is 78.9 Å². The van der Waals surface area contributed by atoms with Crippen LogP contribution in [0.3, 0.4) is 0 Å². The van der Waals surface area contributed by atoms with E-state index in [4.69, 9.17) is 4.55 Å². The van der Waals surface area contributed by atoms with Gasteiger partial charge in [0.05, 0.1) is 12.6 Å². The van der Waals surface area contributed by atoms with Crippen molar-refractivity contribution in [3.63, 3.8) is 0 Å². The molecule has 134 valence electrons. The van der Waals surface area contributed by atoms with Crippen LogP contribution in [0.25, 0.3) is 0 Å². The molecule has 2 bridgehead atoms. The maximum Gasteiger partial charge on any atom is 0.418 e. The van der Waals surface area contributed by atoms with E-state index >= 15 is 0 Å². The summed E-state index contributed by atoms with van der Waals surface area (Å²) >= 11 is 0. The van der Waals surface area contributed by atoms with Crippen LogP contribution in [0.2, 0.25) is 0 Å². The van der Waals surface area contributed by atoms with E-state index in [1.54, 1.807) is 0 Å². The van der Waals surface area contributed by atoms with Crippen LogP contribution in [0.15, 0.2) is 0 Å². The number of nitrogens with zero attached hydrogens (tertiary/aromatic N) is 2. The predicted molar refractivity (Wildman–Crippen MR) is 77.8 cm³/mol. The molecule has 0 saturated carbocycles. The van der Waals surface area contributed by atoms with Crippen molar-refractivity contribution in [2.24, 2.45) is 5.92 Å². The Morgan fingerprint density at radius 3 is 2.62 bits per heavy atom. The minimum Gasteiger partial charge on any atom is -0.347 e. The minimum atomic E-state index is -4.82. The van der Waals surface area contributed by atoms with Gasteiger partial charge >= 0.3 is 16.4 Å². The zero-order chi connectivity index (χ0) is 17.5. The first-order chi connectivity index (χ1) is 11.3. The number of piperidine rings is 1. The fourth-order valence-corrected chi connectivity index (χ4v) is 3.45. The number of carbonyl (C=O) groups is 3. The van der Waals surface area contributed by atoms with Crippen LogP contribution in [0, 0.1) is 5.92 Å². The van der Waals surface area contributed by atoms with Gasteiger partial charge < -0.3 is 15.5 Å². The van der Waals surface area contributed by atoms with E-state index in [2.05, 4.69) is 14.9 Å². The third-order valence-corrected chi connectivity index (χ3v) is 4.82. The van der Waals surface area contributed by atoms with E-state index in [9.17, 15) is 22.8 Å². The largest absolute Gasteiger partial charge is 0.418 e. The number of hydroxylamine groups is 2. The number of rotatable bonds is 6. The van der Waals surface area contributed by atoms with Crippen LogP contribution in [0.5, 0.6) is 0 Å². The summed E-state index contributed by atoms with van der Waals surface area (Å²) < 4.78 is 34.6. The van der Waals surface area contributed by atoms with Crippen LogP contribution >= 0.6 is 0 Å². The molecule has 11 nitrogen and oxygen atoms in total. The highest BCUT2D eigenvalue weighted by Crippen LogP contribution is 2.30. The van der Waals surface area contributed by atoms with Gasteiger partial charge in [-0.05, 0) is 12.8 Å². The molecule has 3 heterocycles. The standard InChI is InChI=1S/C12H18N4O7S/c17-10(7-3-13-4-7)5-14-11(18)9-2-1-8-6-15(9)12(19)16(8)23-24(20,21)22/h7-9,13H,1-6H2,(H,14,18)(H,20,21,22)/t8-,9+/m1/s1. The minimum absolute atomic E-state index is 0.0696. The molecule has 3 aliphatic heterocycles. The molecule has 3 rings (SSSR count). The molecule has 0 aromatic heterocycles. The van der Waals surface area contributed by atoms with Crippen molar-refractivity contribution in [1.29, 1.82) is 0 Å². The molecule has 3 aliphatic rings. The SMILES string of the molecule is O=C(CNC(=O)[C@@H]1CC[C@@H]2CN1C(=O)N2OS(=O)(=O)O)C1CNC1. The maximum absolute atomic E-state index is 12.3. The Labute approximate surface area is 138 Å². The molecule has 3 N–H and O–H groups in total. The topological polar surface area (TPSA) is 145 Å². The number of Topliss-reactive ketones (excluding diaryl/α,β-unsaturated/α-hetero) is 1. The van der Waals surface area contributed by atoms with Crippen LogP contribution < -0.4 is 10.6 Å². The quantitative estimate of drug-likeness (QED) is 0.455. The number of ketones is 1. The number of hydrogen-bond donors (Lipinski definition) is 3. The van der Waals surface area contributed by atoms with Crippen molar-refractivity contribution in [2.45, 2.75) is 24.9 Å². The first-order valence-electron chi connectivity index (χ1n) is 7.54. The molecule has 0 aromatic rings. The third-order valence-electron chi connectivity index (χ3n) is 4.47. The molecule has 24 heavy (non-hydrogen) atoms. The van der Waals surface area contributed by atoms with Crippen LogP contribution in [-0.2, 0) is 24.3 Å². The molecule has 2 atom stereocenters. The lowest BCUT2D eigenvalue weighted by Gasteiger charge is -2.30. The summed E-state index contributed by atoms with van der Waals surface area (Å²) in [6, 6.07) is -2.15. The second kappa shape index (κ2) is 6.27. The molecule has 3 fully saturated rings. The Balaban J connectivity index is 1.58. The predicted octanol–water partition coefficient (Wildman–Crippen LogP) is -2.11. The third kappa shape index (κ3) is 3.36. The Morgan fingerprint density at radius 1 is 1.33 bits per heavy atom. The molecule has 3 amide bonds. The Kier molecular flexibility index (Phi) is 4.46. The summed E-state index contributed by atoms with van der Waals surface area (Å²) in [7, 11) is -4.82. The maximum atomic E-state index is 12.3. The van der Waals surface area contributed by atoms with E-state index in [1.165, 1.54) is 4.90 Å². The second-order valence-corrected chi connectivity index (χ2v) is 7.05. The van der Waals surface area contributed by atoms with Gasteiger partial charge in [0, 0.05) is 25.6 Å². The summed E-state index contributed by atoms with van der Waals surface area (Å²) in [6.45, 7) is 1.23. The lowest BCUT2D eigenvalue weighted by Crippen LogP contribution is -2.53. The van der Waals surface area contributed by atoms with Gasteiger partial charge in [-0.1, -0.05) is 0 Å². The molecule has 0 aliphatic carbocycles. The van der Waals surface area contributed by atoms with Gasteiger partial charge in [-0.3, -0.25) is 14.1 Å². The van der Waals surface area contributed by atoms with Crippen molar-refractivity contribution in [2.75, 3.05) is 26.2 Å². The lowest BCUT2D eigenvalue weighted by atomic mass is 9.97. The van der Waals surface area contributed by atoms with Crippen molar-refractivity contribution in [1.82, 2.24) is 20.6 Å². The van der Waals surface area contributed by atoms with E-state index in [-0.39, 0.29) is 24.8 Å². The Hall–Kier alpha value is -1.76. The number of fused-ring (bicyclic) bond motifs is 2. The van der Waals surface area contributed by atoms with Crippen molar-refractivity contribution < 1.29 is 31.6 Å². The Bertz CT molecular complexity index is 662. The van der Waals surface area contributed by atoms with Gasteiger partial charge in [0.1, 0.15) is 6.04 Å². The summed E-state index contributed by atoms with van der Waals surface area (Å²) in [6.07, 6.45) is 0.656. The monoisotopic (exact) mass is 362 g/mol. The molecule has 3 saturated heterocycles. The molecule has 0 spiro atoms. The van der Waals surface area contributed by atoms with E-state index < -0.39 is 34.4 Å². The zero-order valence-electron chi connectivity index (χ0n) is 12.7. The summed E-state index contributed by atoms with van der Waals surface area (Å²) in [5.41, 5.74) is 0. The van der Waals surface area contributed by atoms with Crippen molar-refractivity contribution >= 4 is 28.1 Å². The van der Waals surface area contributed by atoms with Crippen molar-refractivity contribution in [3.05, 3.63) is 0 Å². The lowest BCUT2D eigenvalue weighted by molar-refractivity contribution is -0.130. The van der Waals surface area contributed by atoms with Gasteiger partial charge in [0.15, 0.2) is 5.78 Å². The van der Waals surface area contributed by atoms with Gasteiger partial charge in [0.25, 0.3) is 0 Å². The summed E-state index contributed by atoms with van der Waals surface area (Å²) in [5, 5.41) is 6.08. The highest BCUT2D eigenvalue weighted by molar-refractivity contribution is 7.80.